The van der Waals surface area contributed by atoms with Gasteiger partial charge in [0, 0.05) is 32.5 Å². The summed E-state index contributed by atoms with van der Waals surface area (Å²) in [6.45, 7) is 5.32. The number of nitrogens with zero attached hydrogens (tertiary/aromatic N) is 4. The smallest absolute Gasteiger partial charge is 0.191 e. The lowest BCUT2D eigenvalue weighted by molar-refractivity contribution is 0.414. The number of nitrogens with one attached hydrogen (secondary N) is 2. The molecule has 0 fully saturated rings. The molecule has 0 unspecified atom stereocenters. The topological polar surface area (TPSA) is 76.4 Å². The van der Waals surface area contributed by atoms with Crippen molar-refractivity contribution in [3.05, 3.63) is 41.5 Å². The van der Waals surface area contributed by atoms with Crippen LogP contribution >= 0.6 is 0 Å². The molecular weight excluding hydrogens is 340 g/mol. The Morgan fingerprint density at radius 2 is 2.15 bits per heavy atom. The van der Waals surface area contributed by atoms with E-state index in [9.17, 15) is 0 Å². The van der Waals surface area contributed by atoms with Crippen molar-refractivity contribution in [2.75, 3.05) is 20.2 Å². The lowest BCUT2D eigenvalue weighted by Crippen LogP contribution is -2.38. The Kier molecular flexibility index (Phi) is 7.07. The first-order chi connectivity index (χ1) is 13.3. The summed E-state index contributed by atoms with van der Waals surface area (Å²) in [6, 6.07) is 8.00. The van der Waals surface area contributed by atoms with Gasteiger partial charge in [-0.05, 0) is 37.5 Å². The van der Waals surface area contributed by atoms with Crippen molar-refractivity contribution in [1.29, 1.82) is 0 Å². The molecule has 1 aliphatic heterocycles. The highest BCUT2D eigenvalue weighted by atomic mass is 16.5. The SMILES string of the molecule is CCNC(=NCc1cccc(OC)c1)NCCc1nnc2n1CCCCC2. The summed E-state index contributed by atoms with van der Waals surface area (Å²) < 4.78 is 7.58. The van der Waals surface area contributed by atoms with Gasteiger partial charge in [-0.2, -0.15) is 0 Å². The number of aryl methyl sites for hydroxylation is 1. The van der Waals surface area contributed by atoms with Gasteiger partial charge in [-0.15, -0.1) is 10.2 Å². The zero-order chi connectivity index (χ0) is 18.9. The average molecular weight is 371 g/mol. The molecule has 2 heterocycles. The van der Waals surface area contributed by atoms with Gasteiger partial charge in [-0.1, -0.05) is 18.6 Å². The number of hydrogen-bond acceptors (Lipinski definition) is 4. The minimum atomic E-state index is 0.604. The molecule has 146 valence electrons. The maximum Gasteiger partial charge on any atom is 0.191 e. The third-order valence-electron chi connectivity index (χ3n) is 4.73. The molecule has 7 heteroatoms. The molecule has 2 aromatic rings. The zero-order valence-corrected chi connectivity index (χ0v) is 16.4. The molecule has 0 spiro atoms. The van der Waals surface area contributed by atoms with Crippen molar-refractivity contribution in [3.8, 4) is 5.75 Å². The first-order valence-electron chi connectivity index (χ1n) is 9.86. The number of ether oxygens (including phenoxy) is 1. The van der Waals surface area contributed by atoms with Crippen molar-refractivity contribution in [2.45, 2.75) is 52.1 Å². The molecule has 27 heavy (non-hydrogen) atoms. The number of guanidine groups is 1. The number of rotatable bonds is 7. The molecule has 0 aliphatic carbocycles. The van der Waals surface area contributed by atoms with Crippen LogP contribution in [0.5, 0.6) is 5.75 Å². The largest absolute Gasteiger partial charge is 0.497 e. The fourth-order valence-electron chi connectivity index (χ4n) is 3.31. The minimum Gasteiger partial charge on any atom is -0.497 e. The lowest BCUT2D eigenvalue weighted by atomic mass is 10.2. The molecule has 0 radical (unpaired) electrons. The van der Waals surface area contributed by atoms with E-state index in [1.165, 1.54) is 19.3 Å². The highest BCUT2D eigenvalue weighted by molar-refractivity contribution is 5.79. The molecule has 0 amide bonds. The van der Waals surface area contributed by atoms with Gasteiger partial charge in [0.05, 0.1) is 13.7 Å². The second kappa shape index (κ2) is 9.94. The number of benzene rings is 1. The van der Waals surface area contributed by atoms with Gasteiger partial charge in [0.2, 0.25) is 0 Å². The van der Waals surface area contributed by atoms with Gasteiger partial charge in [-0.3, -0.25) is 0 Å². The number of aromatic nitrogens is 3. The van der Waals surface area contributed by atoms with E-state index >= 15 is 0 Å². The van der Waals surface area contributed by atoms with E-state index in [1.807, 2.05) is 18.2 Å². The molecule has 1 aliphatic rings. The fourth-order valence-corrected chi connectivity index (χ4v) is 3.31. The fraction of sp³-hybridized carbons (Fsp3) is 0.550. The maximum absolute atomic E-state index is 5.27. The predicted molar refractivity (Wildman–Crippen MR) is 107 cm³/mol. The quantitative estimate of drug-likeness (QED) is 0.578. The third-order valence-corrected chi connectivity index (χ3v) is 4.73. The number of fused-ring (bicyclic) bond motifs is 1. The minimum absolute atomic E-state index is 0.604. The highest BCUT2D eigenvalue weighted by Crippen LogP contribution is 2.15. The first kappa shape index (κ1) is 19.2. The van der Waals surface area contributed by atoms with Crippen LogP contribution in [0.4, 0.5) is 0 Å². The van der Waals surface area contributed by atoms with Gasteiger partial charge in [0.15, 0.2) is 5.96 Å². The Hall–Kier alpha value is -2.57. The van der Waals surface area contributed by atoms with Crippen LogP contribution in [0.1, 0.15) is 43.4 Å². The lowest BCUT2D eigenvalue weighted by Gasteiger charge is -2.12. The van der Waals surface area contributed by atoms with Crippen LogP contribution in [-0.2, 0) is 25.9 Å². The number of aliphatic imine (C=N–C) groups is 1. The normalized spacial score (nSPS) is 14.4. The van der Waals surface area contributed by atoms with Gasteiger partial charge in [0.1, 0.15) is 17.4 Å². The average Bonchev–Trinajstić information content (AvgIpc) is 2.92. The van der Waals surface area contributed by atoms with Crippen LogP contribution in [-0.4, -0.2) is 40.9 Å². The van der Waals surface area contributed by atoms with Crippen molar-refractivity contribution >= 4 is 5.96 Å². The Morgan fingerprint density at radius 1 is 1.22 bits per heavy atom. The summed E-state index contributed by atoms with van der Waals surface area (Å²) in [5.41, 5.74) is 1.12. The molecule has 1 aromatic carbocycles. The van der Waals surface area contributed by atoms with E-state index in [0.717, 1.165) is 61.4 Å². The van der Waals surface area contributed by atoms with E-state index in [0.29, 0.717) is 6.54 Å². The van der Waals surface area contributed by atoms with E-state index in [2.05, 4.69) is 43.4 Å². The third kappa shape index (κ3) is 5.45. The van der Waals surface area contributed by atoms with Crippen molar-refractivity contribution < 1.29 is 4.74 Å². The Balaban J connectivity index is 1.56. The zero-order valence-electron chi connectivity index (χ0n) is 16.4. The second-order valence-corrected chi connectivity index (χ2v) is 6.72. The van der Waals surface area contributed by atoms with Gasteiger partial charge in [0.25, 0.3) is 0 Å². The summed E-state index contributed by atoms with van der Waals surface area (Å²) in [5, 5.41) is 15.5. The summed E-state index contributed by atoms with van der Waals surface area (Å²) >= 11 is 0. The summed E-state index contributed by atoms with van der Waals surface area (Å²) in [4.78, 5) is 4.68. The molecule has 0 saturated carbocycles. The van der Waals surface area contributed by atoms with Crippen molar-refractivity contribution in [1.82, 2.24) is 25.4 Å². The molecule has 2 N–H and O–H groups in total. The van der Waals surface area contributed by atoms with Crippen LogP contribution in [0.2, 0.25) is 0 Å². The van der Waals surface area contributed by atoms with Crippen molar-refractivity contribution in [3.63, 3.8) is 0 Å². The Morgan fingerprint density at radius 3 is 3.00 bits per heavy atom. The molecule has 3 rings (SSSR count). The van der Waals surface area contributed by atoms with Crippen LogP contribution in [0.25, 0.3) is 0 Å². The summed E-state index contributed by atoms with van der Waals surface area (Å²) in [7, 11) is 1.68. The number of methoxy groups -OCH3 is 1. The van der Waals surface area contributed by atoms with E-state index in [4.69, 9.17) is 4.74 Å². The molecular formula is C20H30N6O. The molecule has 0 saturated heterocycles. The molecule has 0 atom stereocenters. The monoisotopic (exact) mass is 370 g/mol. The van der Waals surface area contributed by atoms with Crippen LogP contribution < -0.4 is 15.4 Å². The van der Waals surface area contributed by atoms with Gasteiger partial charge >= 0.3 is 0 Å². The standard InChI is InChI=1S/C20H30N6O/c1-3-21-20(23-15-16-8-7-9-17(14-16)27-2)22-12-11-19-25-24-18-10-5-4-6-13-26(18)19/h7-9,14H,3-6,10-13,15H2,1-2H3,(H2,21,22,23). The Labute approximate surface area is 161 Å². The summed E-state index contributed by atoms with van der Waals surface area (Å²) in [6.07, 6.45) is 5.61. The maximum atomic E-state index is 5.27. The van der Waals surface area contributed by atoms with Gasteiger partial charge < -0.3 is 19.9 Å². The molecule has 1 aromatic heterocycles. The molecule has 0 bridgehead atoms. The van der Waals surface area contributed by atoms with Crippen LogP contribution in [0.15, 0.2) is 29.3 Å². The highest BCUT2D eigenvalue weighted by Gasteiger charge is 2.14. The van der Waals surface area contributed by atoms with Crippen LogP contribution in [0, 0.1) is 0 Å². The Bertz CT molecular complexity index is 755. The first-order valence-corrected chi connectivity index (χ1v) is 9.86. The van der Waals surface area contributed by atoms with Gasteiger partial charge in [-0.25, -0.2) is 4.99 Å². The van der Waals surface area contributed by atoms with Crippen LogP contribution in [0.3, 0.4) is 0 Å². The number of hydrogen-bond donors (Lipinski definition) is 2. The summed E-state index contributed by atoms with van der Waals surface area (Å²) in [5.74, 6) is 3.88. The van der Waals surface area contributed by atoms with E-state index in [1.54, 1.807) is 7.11 Å². The second-order valence-electron chi connectivity index (χ2n) is 6.72. The van der Waals surface area contributed by atoms with E-state index in [-0.39, 0.29) is 0 Å². The predicted octanol–water partition coefficient (Wildman–Crippen LogP) is 2.31. The molecule has 7 nitrogen and oxygen atoms in total. The van der Waals surface area contributed by atoms with E-state index < -0.39 is 0 Å². The van der Waals surface area contributed by atoms with Crippen molar-refractivity contribution in [2.24, 2.45) is 4.99 Å².